The minimum atomic E-state index is -3.14. The zero-order valence-electron chi connectivity index (χ0n) is 14.6. The van der Waals surface area contributed by atoms with Gasteiger partial charge in [0.05, 0.1) is 17.5 Å². The van der Waals surface area contributed by atoms with E-state index >= 15 is 0 Å². The summed E-state index contributed by atoms with van der Waals surface area (Å²) < 4.78 is 25.0. The molecule has 1 fully saturated rings. The molecule has 7 heteroatoms. The van der Waals surface area contributed by atoms with Crippen molar-refractivity contribution < 1.29 is 18.3 Å². The van der Waals surface area contributed by atoms with E-state index in [0.717, 1.165) is 24.8 Å². The van der Waals surface area contributed by atoms with Crippen LogP contribution in [-0.4, -0.2) is 48.1 Å². The Morgan fingerprint density at radius 2 is 2.04 bits per heavy atom. The normalized spacial score (nSPS) is 18.6. The Hall–Kier alpha value is -2.25. The fourth-order valence-electron chi connectivity index (χ4n) is 3.43. The molecular formula is C19H22N2O4S. The monoisotopic (exact) mass is 374 g/mol. The first-order chi connectivity index (χ1) is 12.3. The maximum absolute atomic E-state index is 11.7. The summed E-state index contributed by atoms with van der Waals surface area (Å²) in [6.45, 7) is 1.14. The number of hydrogen-bond acceptors (Lipinski definition) is 4. The minimum absolute atomic E-state index is 0.226. The van der Waals surface area contributed by atoms with Gasteiger partial charge in [-0.05, 0) is 42.9 Å². The van der Waals surface area contributed by atoms with Crippen LogP contribution in [0.2, 0.25) is 0 Å². The van der Waals surface area contributed by atoms with Crippen LogP contribution in [0.5, 0.6) is 0 Å². The van der Waals surface area contributed by atoms with E-state index in [4.69, 9.17) is 0 Å². The molecule has 1 aliphatic rings. The highest BCUT2D eigenvalue weighted by atomic mass is 32.2. The van der Waals surface area contributed by atoms with Gasteiger partial charge in [-0.25, -0.2) is 17.5 Å². The van der Waals surface area contributed by atoms with Gasteiger partial charge in [0, 0.05) is 24.8 Å². The molecule has 0 aliphatic carbocycles. The lowest BCUT2D eigenvalue weighted by molar-refractivity contribution is 0.0697. The molecule has 1 saturated heterocycles. The first-order valence-electron chi connectivity index (χ1n) is 8.57. The lowest BCUT2D eigenvalue weighted by Gasteiger charge is -2.30. The van der Waals surface area contributed by atoms with Gasteiger partial charge >= 0.3 is 5.97 Å². The van der Waals surface area contributed by atoms with Crippen molar-refractivity contribution in [2.24, 2.45) is 5.92 Å². The van der Waals surface area contributed by atoms with E-state index in [1.807, 2.05) is 12.1 Å². The van der Waals surface area contributed by atoms with Gasteiger partial charge < -0.3 is 5.11 Å². The van der Waals surface area contributed by atoms with Gasteiger partial charge in [0.1, 0.15) is 0 Å². The van der Waals surface area contributed by atoms with Crippen molar-refractivity contribution in [3.05, 3.63) is 53.7 Å². The van der Waals surface area contributed by atoms with E-state index in [9.17, 15) is 18.3 Å². The van der Waals surface area contributed by atoms with Gasteiger partial charge in [-0.15, -0.1) is 0 Å². The maximum Gasteiger partial charge on any atom is 0.336 e. The second-order valence-electron chi connectivity index (χ2n) is 6.74. The molecule has 0 saturated carbocycles. The van der Waals surface area contributed by atoms with E-state index in [0.29, 0.717) is 24.3 Å². The number of rotatable bonds is 5. The molecule has 1 aliphatic heterocycles. The molecule has 1 N–H and O–H groups in total. The van der Waals surface area contributed by atoms with Gasteiger partial charge in [0.15, 0.2) is 0 Å². The number of carboxylic acid groups (broad SMARTS) is 1. The highest BCUT2D eigenvalue weighted by molar-refractivity contribution is 7.88. The molecule has 2 aromatic rings. The van der Waals surface area contributed by atoms with Crippen molar-refractivity contribution >= 4 is 16.0 Å². The lowest BCUT2D eigenvalue weighted by Crippen LogP contribution is -2.39. The van der Waals surface area contributed by atoms with Crippen LogP contribution >= 0.6 is 0 Å². The number of aromatic carboxylic acids is 1. The smallest absolute Gasteiger partial charge is 0.336 e. The third kappa shape index (κ3) is 4.28. The lowest BCUT2D eigenvalue weighted by atomic mass is 9.92. The van der Waals surface area contributed by atoms with Gasteiger partial charge in [-0.3, -0.25) is 4.98 Å². The molecular weight excluding hydrogens is 352 g/mol. The molecule has 0 radical (unpaired) electrons. The predicted molar refractivity (Wildman–Crippen MR) is 99.5 cm³/mol. The molecule has 2 heterocycles. The van der Waals surface area contributed by atoms with E-state index < -0.39 is 16.0 Å². The molecule has 1 unspecified atom stereocenters. The largest absolute Gasteiger partial charge is 0.478 e. The number of benzene rings is 1. The second-order valence-corrected chi connectivity index (χ2v) is 8.72. The predicted octanol–water partition coefficient (Wildman–Crippen LogP) is 2.66. The summed E-state index contributed by atoms with van der Waals surface area (Å²) in [6.07, 6.45) is 5.64. The quantitative estimate of drug-likeness (QED) is 0.869. The van der Waals surface area contributed by atoms with Crippen LogP contribution in [0, 0.1) is 5.92 Å². The van der Waals surface area contributed by atoms with Crippen LogP contribution in [0.4, 0.5) is 0 Å². The van der Waals surface area contributed by atoms with Crippen LogP contribution in [0.1, 0.15) is 28.8 Å². The fraction of sp³-hybridized carbons (Fsp3) is 0.368. The molecule has 0 bridgehead atoms. The molecule has 138 valence electrons. The van der Waals surface area contributed by atoms with Crippen LogP contribution in [0.15, 0.2) is 42.6 Å². The highest BCUT2D eigenvalue weighted by Crippen LogP contribution is 2.25. The van der Waals surface area contributed by atoms with Crippen molar-refractivity contribution in [3.8, 4) is 11.3 Å². The summed E-state index contributed by atoms with van der Waals surface area (Å²) in [5.74, 6) is -0.702. The molecule has 1 atom stereocenters. The Balaban J connectivity index is 1.74. The van der Waals surface area contributed by atoms with Crippen molar-refractivity contribution in [3.63, 3.8) is 0 Å². The Morgan fingerprint density at radius 1 is 1.27 bits per heavy atom. The highest BCUT2D eigenvalue weighted by Gasteiger charge is 2.26. The summed E-state index contributed by atoms with van der Waals surface area (Å²) in [6, 6.07) is 10.6. The van der Waals surface area contributed by atoms with Crippen molar-refractivity contribution in [2.45, 2.75) is 19.3 Å². The summed E-state index contributed by atoms with van der Waals surface area (Å²) in [5.41, 5.74) is 2.46. The van der Waals surface area contributed by atoms with Gasteiger partial charge in [-0.1, -0.05) is 24.3 Å². The maximum atomic E-state index is 11.7. The number of pyridine rings is 1. The Morgan fingerprint density at radius 3 is 2.69 bits per heavy atom. The summed E-state index contributed by atoms with van der Waals surface area (Å²) in [5, 5.41) is 9.31. The summed E-state index contributed by atoms with van der Waals surface area (Å²) >= 11 is 0. The van der Waals surface area contributed by atoms with Crippen LogP contribution in [0.3, 0.4) is 0 Å². The van der Waals surface area contributed by atoms with E-state index in [1.54, 1.807) is 34.8 Å². The van der Waals surface area contributed by atoms with Gasteiger partial charge in [0.25, 0.3) is 0 Å². The topological polar surface area (TPSA) is 87.6 Å². The Bertz CT molecular complexity index is 894. The number of carboxylic acids is 1. The van der Waals surface area contributed by atoms with Gasteiger partial charge in [-0.2, -0.15) is 0 Å². The standard InChI is InChI=1S/C19H22N2O4S/c1-26(24,25)21-10-4-5-15(13-21)11-14-8-9-18(20-12-14)16-6-2-3-7-17(16)19(22)23/h2-3,6-9,12,15H,4-5,10-11,13H2,1H3,(H,22,23). The molecule has 0 amide bonds. The number of hydrogen-bond donors (Lipinski definition) is 1. The van der Waals surface area contributed by atoms with E-state index in [-0.39, 0.29) is 11.5 Å². The number of carbonyl (C=O) groups is 1. The molecule has 1 aromatic heterocycles. The van der Waals surface area contributed by atoms with Gasteiger partial charge in [0.2, 0.25) is 10.0 Å². The zero-order chi connectivity index (χ0) is 18.7. The zero-order valence-corrected chi connectivity index (χ0v) is 15.4. The molecule has 1 aromatic carbocycles. The second kappa shape index (κ2) is 7.55. The van der Waals surface area contributed by atoms with Crippen LogP contribution < -0.4 is 0 Å². The van der Waals surface area contributed by atoms with E-state index in [1.165, 1.54) is 6.26 Å². The third-order valence-electron chi connectivity index (χ3n) is 4.73. The first kappa shape index (κ1) is 18.5. The fourth-order valence-corrected chi connectivity index (χ4v) is 4.37. The van der Waals surface area contributed by atoms with Crippen molar-refractivity contribution in [1.29, 1.82) is 0 Å². The SMILES string of the molecule is CS(=O)(=O)N1CCCC(Cc2ccc(-c3ccccc3C(=O)O)nc2)C1. The number of sulfonamides is 1. The summed E-state index contributed by atoms with van der Waals surface area (Å²) in [4.78, 5) is 15.8. The first-order valence-corrected chi connectivity index (χ1v) is 10.4. The van der Waals surface area contributed by atoms with Crippen molar-refractivity contribution in [1.82, 2.24) is 9.29 Å². The number of aromatic nitrogens is 1. The third-order valence-corrected chi connectivity index (χ3v) is 6.00. The number of piperidine rings is 1. The molecule has 0 spiro atoms. The minimum Gasteiger partial charge on any atom is -0.478 e. The molecule has 3 rings (SSSR count). The average Bonchev–Trinajstić information content (AvgIpc) is 2.62. The van der Waals surface area contributed by atoms with Crippen molar-refractivity contribution in [2.75, 3.05) is 19.3 Å². The summed E-state index contributed by atoms with van der Waals surface area (Å²) in [7, 11) is -3.14. The van der Waals surface area contributed by atoms with Crippen LogP contribution in [0.25, 0.3) is 11.3 Å². The average molecular weight is 374 g/mol. The Labute approximate surface area is 153 Å². The number of nitrogens with zero attached hydrogens (tertiary/aromatic N) is 2. The van der Waals surface area contributed by atoms with E-state index in [2.05, 4.69) is 4.98 Å². The molecule has 6 nitrogen and oxygen atoms in total. The molecule has 26 heavy (non-hydrogen) atoms. The van der Waals surface area contributed by atoms with Crippen LogP contribution in [-0.2, 0) is 16.4 Å². The Kier molecular flexibility index (Phi) is 5.38.